The predicted molar refractivity (Wildman–Crippen MR) is 283 cm³/mol. The van der Waals surface area contributed by atoms with Gasteiger partial charge in [0.1, 0.15) is 13.2 Å². The van der Waals surface area contributed by atoms with Crippen LogP contribution in [0.3, 0.4) is 0 Å². The van der Waals surface area contributed by atoms with Gasteiger partial charge in [-0.15, -0.1) is 0 Å². The molecule has 68 heavy (non-hydrogen) atoms. The zero-order valence-corrected chi connectivity index (χ0v) is 44.7. The maximum atomic E-state index is 12.8. The van der Waals surface area contributed by atoms with E-state index in [2.05, 4.69) is 74.6 Å². The molecule has 0 aliphatic carbocycles. The van der Waals surface area contributed by atoms with Gasteiger partial charge in [-0.3, -0.25) is 9.59 Å². The van der Waals surface area contributed by atoms with Crippen LogP contribution < -0.4 is 5.11 Å². The Kier molecular flexibility index (Phi) is 48.2. The minimum absolute atomic E-state index is 0.147. The van der Waals surface area contributed by atoms with Gasteiger partial charge in [0.15, 0.2) is 12.4 Å². The van der Waals surface area contributed by atoms with Gasteiger partial charge in [-0.2, -0.15) is 0 Å². The van der Waals surface area contributed by atoms with Crippen LogP contribution >= 0.6 is 0 Å². The van der Waals surface area contributed by atoms with E-state index in [0.717, 1.165) is 83.5 Å². The number of hydrogen-bond donors (Lipinski definition) is 0. The van der Waals surface area contributed by atoms with Crippen molar-refractivity contribution in [1.82, 2.24) is 0 Å². The van der Waals surface area contributed by atoms with E-state index in [1.54, 1.807) is 0 Å². The normalized spacial score (nSPS) is 13.2. The van der Waals surface area contributed by atoms with Crippen molar-refractivity contribution in [2.75, 3.05) is 47.5 Å². The fraction of sp³-hybridized carbons (Fsp3) is 0.780. The first-order valence-electron chi connectivity index (χ1n) is 27.9. The third-order valence-corrected chi connectivity index (χ3v) is 12.0. The number of nitrogens with zero attached hydrogens (tertiary/aromatic N) is 1. The van der Waals surface area contributed by atoms with Crippen LogP contribution in [-0.2, 0) is 33.3 Å². The lowest BCUT2D eigenvalue weighted by Crippen LogP contribution is -2.44. The van der Waals surface area contributed by atoms with Crippen molar-refractivity contribution < 1.29 is 42.9 Å². The molecule has 0 saturated heterocycles. The highest BCUT2D eigenvalue weighted by molar-refractivity contribution is 5.70. The minimum atomic E-state index is -1.62. The Morgan fingerprint density at radius 1 is 0.456 bits per heavy atom. The summed E-state index contributed by atoms with van der Waals surface area (Å²) in [5, 5.41) is 11.7. The Labute approximate surface area is 418 Å². The number of allylic oxidation sites excluding steroid dienone is 10. The first kappa shape index (κ1) is 65.0. The van der Waals surface area contributed by atoms with Gasteiger partial charge < -0.3 is 33.3 Å². The number of likely N-dealkylation sites (N-methyl/N-ethyl adjacent to an activating group) is 1. The summed E-state index contributed by atoms with van der Waals surface area (Å²) in [4.78, 5) is 37.1. The molecule has 9 nitrogen and oxygen atoms in total. The topological polar surface area (TPSA) is 111 Å². The summed E-state index contributed by atoms with van der Waals surface area (Å²) in [6, 6.07) is 0. The van der Waals surface area contributed by atoms with Crippen molar-refractivity contribution in [3.8, 4) is 0 Å². The average Bonchev–Trinajstić information content (AvgIpc) is 3.30. The van der Waals surface area contributed by atoms with Crippen LogP contribution in [0.1, 0.15) is 239 Å². The highest BCUT2D eigenvalue weighted by Crippen LogP contribution is 2.16. The van der Waals surface area contributed by atoms with Crippen molar-refractivity contribution in [2.45, 2.75) is 251 Å². The molecule has 0 fully saturated rings. The number of carbonyl (C=O) groups excluding carboxylic acids is 3. The van der Waals surface area contributed by atoms with Gasteiger partial charge in [-0.1, -0.05) is 216 Å². The van der Waals surface area contributed by atoms with Gasteiger partial charge in [-0.05, 0) is 70.6 Å². The summed E-state index contributed by atoms with van der Waals surface area (Å²) < 4.78 is 22.6. The Bertz CT molecular complexity index is 1300. The Hall–Kier alpha value is -3.01. The SMILES string of the molecule is CC/C=C\C/C=C\C/C=C\C/C=C\CCCCCCCCCCCCCCCCCCCCCCC(=O)OC(COC(=O)CCCCCCC/C=C\CCC)COC(OCC[N+](C)(C)C)C(=O)[O-]. The molecule has 9 heteroatoms. The van der Waals surface area contributed by atoms with E-state index in [4.69, 9.17) is 18.9 Å². The van der Waals surface area contributed by atoms with Gasteiger partial charge in [0.25, 0.3) is 0 Å². The summed E-state index contributed by atoms with van der Waals surface area (Å²) in [7, 11) is 5.91. The fourth-order valence-electron chi connectivity index (χ4n) is 7.71. The summed E-state index contributed by atoms with van der Waals surface area (Å²) >= 11 is 0. The monoisotopic (exact) mass is 956 g/mol. The fourth-order valence-corrected chi connectivity index (χ4v) is 7.71. The largest absolute Gasteiger partial charge is 0.545 e. The number of rotatable bonds is 51. The van der Waals surface area contributed by atoms with Crippen molar-refractivity contribution in [3.05, 3.63) is 60.8 Å². The van der Waals surface area contributed by atoms with Crippen molar-refractivity contribution in [2.24, 2.45) is 0 Å². The minimum Gasteiger partial charge on any atom is -0.545 e. The average molecular weight is 956 g/mol. The summed E-state index contributed by atoms with van der Waals surface area (Å²) in [6.45, 7) is 4.57. The lowest BCUT2D eigenvalue weighted by molar-refractivity contribution is -0.870. The molecule has 0 aromatic carbocycles. The maximum Gasteiger partial charge on any atom is 0.306 e. The van der Waals surface area contributed by atoms with Crippen LogP contribution in [0.25, 0.3) is 0 Å². The molecule has 0 saturated carbocycles. The molecule has 0 aromatic heterocycles. The number of ether oxygens (including phenoxy) is 4. The molecule has 0 bridgehead atoms. The van der Waals surface area contributed by atoms with Crippen LogP contribution in [0.4, 0.5) is 0 Å². The second-order valence-electron chi connectivity index (χ2n) is 19.8. The summed E-state index contributed by atoms with van der Waals surface area (Å²) in [5.74, 6) is -2.29. The number of quaternary nitrogens is 1. The van der Waals surface area contributed by atoms with E-state index in [1.165, 1.54) is 122 Å². The molecule has 0 aliphatic heterocycles. The molecule has 2 unspecified atom stereocenters. The molecule has 0 spiro atoms. The number of carbonyl (C=O) groups is 3. The van der Waals surface area contributed by atoms with E-state index in [9.17, 15) is 19.5 Å². The van der Waals surface area contributed by atoms with Gasteiger partial charge >= 0.3 is 11.9 Å². The Morgan fingerprint density at radius 2 is 0.838 bits per heavy atom. The van der Waals surface area contributed by atoms with Crippen LogP contribution in [-0.4, -0.2) is 82.3 Å². The molecule has 0 aromatic rings. The molecule has 0 N–H and O–H groups in total. The van der Waals surface area contributed by atoms with Gasteiger partial charge in [0.2, 0.25) is 0 Å². The van der Waals surface area contributed by atoms with Gasteiger partial charge in [0.05, 0.1) is 40.3 Å². The molecule has 394 valence electrons. The number of carboxylic acid groups (broad SMARTS) is 1. The molecule has 0 aliphatic rings. The number of carboxylic acids is 1. The third-order valence-electron chi connectivity index (χ3n) is 12.0. The van der Waals surface area contributed by atoms with E-state index < -0.39 is 24.3 Å². The van der Waals surface area contributed by atoms with E-state index in [0.29, 0.717) is 17.4 Å². The molecular weight excluding hydrogens is 851 g/mol. The smallest absolute Gasteiger partial charge is 0.306 e. The van der Waals surface area contributed by atoms with Crippen molar-refractivity contribution in [3.63, 3.8) is 0 Å². The first-order valence-corrected chi connectivity index (χ1v) is 27.9. The van der Waals surface area contributed by atoms with E-state index >= 15 is 0 Å². The number of esters is 2. The number of aliphatic carboxylic acids is 1. The standard InChI is InChI=1S/C59H105NO8/c1-6-8-10-12-14-16-18-19-20-21-22-23-24-25-26-27-28-29-30-31-32-33-34-35-36-37-38-39-40-42-44-46-48-50-57(62)68-55(54-67-59(58(63)64)65-52-51-60(3,4)5)53-66-56(61)49-47-45-43-41-17-15-13-11-9-7-2/h8,10-11,13-14,16,19-20,22-23,55,59H,6-7,9,12,15,17-18,21,24-54H2,1-5H3/b10-8-,13-11-,16-14-,20-19-,23-22-. The Morgan fingerprint density at radius 3 is 1.26 bits per heavy atom. The van der Waals surface area contributed by atoms with Crippen molar-refractivity contribution >= 4 is 17.9 Å². The number of unbranched alkanes of at least 4 members (excludes halogenated alkanes) is 26. The highest BCUT2D eigenvalue weighted by Gasteiger charge is 2.22. The summed E-state index contributed by atoms with van der Waals surface area (Å²) in [5.41, 5.74) is 0. The molecule has 0 radical (unpaired) electrons. The Balaban J connectivity index is 4.02. The van der Waals surface area contributed by atoms with Crippen LogP contribution in [0, 0.1) is 0 Å². The quantitative estimate of drug-likeness (QED) is 0.0195. The molecule has 0 rings (SSSR count). The second kappa shape index (κ2) is 50.4. The highest BCUT2D eigenvalue weighted by atomic mass is 16.7. The van der Waals surface area contributed by atoms with Crippen LogP contribution in [0.5, 0.6) is 0 Å². The zero-order chi connectivity index (χ0) is 49.9. The van der Waals surface area contributed by atoms with E-state index in [-0.39, 0.29) is 38.6 Å². The van der Waals surface area contributed by atoms with Crippen LogP contribution in [0.2, 0.25) is 0 Å². The molecule has 0 amide bonds. The lowest BCUT2D eigenvalue weighted by atomic mass is 10.0. The van der Waals surface area contributed by atoms with Gasteiger partial charge in [0, 0.05) is 12.8 Å². The predicted octanol–water partition coefficient (Wildman–Crippen LogP) is 14.7. The van der Waals surface area contributed by atoms with Gasteiger partial charge in [-0.25, -0.2) is 0 Å². The molecule has 2 atom stereocenters. The molecular formula is C59H105NO8. The van der Waals surface area contributed by atoms with E-state index in [1.807, 2.05) is 21.1 Å². The number of hydrogen-bond acceptors (Lipinski definition) is 8. The lowest BCUT2D eigenvalue weighted by Gasteiger charge is -2.26. The molecule has 0 heterocycles. The maximum absolute atomic E-state index is 12.8. The first-order chi connectivity index (χ1) is 33.1. The van der Waals surface area contributed by atoms with Crippen molar-refractivity contribution in [1.29, 1.82) is 0 Å². The zero-order valence-electron chi connectivity index (χ0n) is 44.7. The second-order valence-corrected chi connectivity index (χ2v) is 19.8. The van der Waals surface area contributed by atoms with Crippen LogP contribution in [0.15, 0.2) is 60.8 Å². The summed E-state index contributed by atoms with van der Waals surface area (Å²) in [6.07, 6.45) is 60.1. The third kappa shape index (κ3) is 50.9.